The average molecular weight is 338 g/mol. The Balaban J connectivity index is 2.65. The highest BCUT2D eigenvalue weighted by Crippen LogP contribution is 2.27. The van der Waals surface area contributed by atoms with Gasteiger partial charge in [0.1, 0.15) is 5.75 Å². The Morgan fingerprint density at radius 2 is 2.25 bits per heavy atom. The van der Waals surface area contributed by atoms with Gasteiger partial charge < -0.3 is 9.84 Å². The number of nitrogens with zero attached hydrogens (tertiary/aromatic N) is 1. The number of carboxylic acid groups (broad SMARTS) is 1. The van der Waals surface area contributed by atoms with Crippen molar-refractivity contribution in [3.63, 3.8) is 0 Å². The molecule has 0 atom stereocenters. The standard InChI is InChI=1S/C15H16BrNO3/c1-15(2,10-17)7-8-20-13-5-3-11(9-12(13)16)4-6-14(18)19/h3-6,9H,7-8H2,1-2H3,(H,18,19). The molecule has 4 nitrogen and oxygen atoms in total. The molecule has 0 radical (unpaired) electrons. The monoisotopic (exact) mass is 337 g/mol. The van der Waals surface area contributed by atoms with Crippen LogP contribution in [0.4, 0.5) is 0 Å². The molecule has 20 heavy (non-hydrogen) atoms. The van der Waals surface area contributed by atoms with E-state index in [1.54, 1.807) is 18.2 Å². The fourth-order valence-corrected chi connectivity index (χ4v) is 1.89. The SMILES string of the molecule is CC(C)(C#N)CCOc1ccc(C=CC(=O)O)cc1Br. The molecule has 1 aromatic rings. The lowest BCUT2D eigenvalue weighted by molar-refractivity contribution is -0.131. The van der Waals surface area contributed by atoms with E-state index in [0.717, 1.165) is 16.1 Å². The molecule has 0 aliphatic carbocycles. The van der Waals surface area contributed by atoms with Gasteiger partial charge in [-0.3, -0.25) is 0 Å². The summed E-state index contributed by atoms with van der Waals surface area (Å²) in [6, 6.07) is 7.55. The zero-order valence-corrected chi connectivity index (χ0v) is 13.0. The molecule has 0 heterocycles. The molecule has 0 aromatic heterocycles. The summed E-state index contributed by atoms with van der Waals surface area (Å²) in [5, 5.41) is 17.5. The Morgan fingerprint density at radius 3 is 2.80 bits per heavy atom. The smallest absolute Gasteiger partial charge is 0.328 e. The molecular weight excluding hydrogens is 322 g/mol. The number of ether oxygens (including phenoxy) is 1. The van der Waals surface area contributed by atoms with Crippen LogP contribution >= 0.6 is 15.9 Å². The van der Waals surface area contributed by atoms with Crippen molar-refractivity contribution in [1.29, 1.82) is 5.26 Å². The van der Waals surface area contributed by atoms with Crippen LogP contribution < -0.4 is 4.74 Å². The first-order valence-electron chi connectivity index (χ1n) is 6.09. The maximum atomic E-state index is 10.4. The lowest BCUT2D eigenvalue weighted by Gasteiger charge is -2.16. The molecule has 0 aliphatic rings. The van der Waals surface area contributed by atoms with Crippen LogP contribution in [0.5, 0.6) is 5.75 Å². The molecule has 0 aliphatic heterocycles. The molecule has 0 bridgehead atoms. The van der Waals surface area contributed by atoms with E-state index in [0.29, 0.717) is 18.8 Å². The molecular formula is C15H16BrNO3. The lowest BCUT2D eigenvalue weighted by atomic mass is 9.92. The minimum Gasteiger partial charge on any atom is -0.492 e. The van der Waals surface area contributed by atoms with Gasteiger partial charge in [-0.2, -0.15) is 5.26 Å². The molecule has 1 aromatic carbocycles. The second-order valence-electron chi connectivity index (χ2n) is 4.96. The summed E-state index contributed by atoms with van der Waals surface area (Å²) in [7, 11) is 0. The molecule has 0 amide bonds. The van der Waals surface area contributed by atoms with Gasteiger partial charge in [0, 0.05) is 6.08 Å². The van der Waals surface area contributed by atoms with Crippen molar-refractivity contribution in [2.75, 3.05) is 6.61 Å². The van der Waals surface area contributed by atoms with E-state index >= 15 is 0 Å². The Labute approximate surface area is 126 Å². The molecule has 0 spiro atoms. The Kier molecular flexibility index (Phi) is 5.78. The minimum absolute atomic E-state index is 0.406. The maximum absolute atomic E-state index is 10.4. The van der Waals surface area contributed by atoms with E-state index in [1.165, 1.54) is 6.08 Å². The number of carboxylic acids is 1. The fraction of sp³-hybridized carbons (Fsp3) is 0.333. The highest BCUT2D eigenvalue weighted by atomic mass is 79.9. The molecule has 1 N–H and O–H groups in total. The van der Waals surface area contributed by atoms with Gasteiger partial charge in [-0.25, -0.2) is 4.79 Å². The summed E-state index contributed by atoms with van der Waals surface area (Å²) >= 11 is 3.38. The van der Waals surface area contributed by atoms with Gasteiger partial charge in [-0.15, -0.1) is 0 Å². The highest BCUT2D eigenvalue weighted by molar-refractivity contribution is 9.10. The van der Waals surface area contributed by atoms with Crippen LogP contribution in [-0.2, 0) is 4.79 Å². The summed E-state index contributed by atoms with van der Waals surface area (Å²) in [4.78, 5) is 10.4. The third-order valence-corrected chi connectivity index (χ3v) is 3.28. The summed E-state index contributed by atoms with van der Waals surface area (Å²) in [6.45, 7) is 4.18. The van der Waals surface area contributed by atoms with Crippen molar-refractivity contribution in [2.45, 2.75) is 20.3 Å². The van der Waals surface area contributed by atoms with E-state index in [1.807, 2.05) is 13.8 Å². The molecule has 0 fully saturated rings. The molecule has 0 saturated heterocycles. The van der Waals surface area contributed by atoms with E-state index < -0.39 is 11.4 Å². The first-order valence-corrected chi connectivity index (χ1v) is 6.88. The van der Waals surface area contributed by atoms with Gasteiger partial charge in [-0.1, -0.05) is 6.07 Å². The quantitative estimate of drug-likeness (QED) is 0.800. The summed E-state index contributed by atoms with van der Waals surface area (Å²) in [6.07, 6.45) is 3.23. The number of hydrogen-bond acceptors (Lipinski definition) is 3. The molecule has 106 valence electrons. The van der Waals surface area contributed by atoms with Crippen LogP contribution in [0.2, 0.25) is 0 Å². The third-order valence-electron chi connectivity index (χ3n) is 2.66. The van der Waals surface area contributed by atoms with Gasteiger partial charge in [0.25, 0.3) is 0 Å². The van der Waals surface area contributed by atoms with E-state index in [2.05, 4.69) is 22.0 Å². The Bertz CT molecular complexity index is 559. The van der Waals surface area contributed by atoms with E-state index in [4.69, 9.17) is 15.1 Å². The Morgan fingerprint density at radius 1 is 1.55 bits per heavy atom. The predicted octanol–water partition coefficient (Wildman–Crippen LogP) is 3.87. The Hall–Kier alpha value is -1.80. The van der Waals surface area contributed by atoms with Crippen molar-refractivity contribution in [3.8, 4) is 11.8 Å². The summed E-state index contributed by atoms with van der Waals surface area (Å²) in [5.41, 5.74) is 0.361. The van der Waals surface area contributed by atoms with Crippen molar-refractivity contribution >= 4 is 28.0 Å². The molecule has 0 unspecified atom stereocenters. The summed E-state index contributed by atoms with van der Waals surface area (Å²) in [5.74, 6) is -0.314. The first kappa shape index (κ1) is 16.3. The van der Waals surface area contributed by atoms with Gasteiger partial charge in [0.05, 0.1) is 22.6 Å². The van der Waals surface area contributed by atoms with E-state index in [-0.39, 0.29) is 0 Å². The third kappa shape index (κ3) is 5.45. The highest BCUT2D eigenvalue weighted by Gasteiger charge is 2.16. The van der Waals surface area contributed by atoms with Gasteiger partial charge in [0.15, 0.2) is 0 Å². The largest absolute Gasteiger partial charge is 0.492 e. The van der Waals surface area contributed by atoms with Crippen LogP contribution in [0, 0.1) is 16.7 Å². The van der Waals surface area contributed by atoms with Crippen LogP contribution in [0.1, 0.15) is 25.8 Å². The zero-order valence-electron chi connectivity index (χ0n) is 11.4. The first-order chi connectivity index (χ1) is 9.34. The number of benzene rings is 1. The zero-order chi connectivity index (χ0) is 15.2. The second-order valence-corrected chi connectivity index (χ2v) is 5.81. The molecule has 1 rings (SSSR count). The van der Waals surface area contributed by atoms with Crippen molar-refractivity contribution in [2.24, 2.45) is 5.41 Å². The predicted molar refractivity (Wildman–Crippen MR) is 80.3 cm³/mol. The maximum Gasteiger partial charge on any atom is 0.328 e. The molecule has 0 saturated carbocycles. The van der Waals surface area contributed by atoms with E-state index in [9.17, 15) is 4.79 Å². The van der Waals surface area contributed by atoms with Crippen LogP contribution in [0.3, 0.4) is 0 Å². The van der Waals surface area contributed by atoms with Gasteiger partial charge >= 0.3 is 5.97 Å². The van der Waals surface area contributed by atoms with Gasteiger partial charge in [0.2, 0.25) is 0 Å². The van der Waals surface area contributed by atoms with Crippen molar-refractivity contribution < 1.29 is 14.6 Å². The average Bonchev–Trinajstić information content (AvgIpc) is 2.38. The number of carbonyl (C=O) groups is 1. The number of halogens is 1. The summed E-state index contributed by atoms with van der Waals surface area (Å²) < 4.78 is 6.37. The van der Waals surface area contributed by atoms with Gasteiger partial charge in [-0.05, 0) is 60.0 Å². The number of hydrogen-bond donors (Lipinski definition) is 1. The fourth-order valence-electron chi connectivity index (χ4n) is 1.38. The number of aliphatic carboxylic acids is 1. The number of nitriles is 1. The second kappa shape index (κ2) is 7.11. The lowest BCUT2D eigenvalue weighted by Crippen LogP contribution is -2.13. The van der Waals surface area contributed by atoms with Crippen LogP contribution in [-0.4, -0.2) is 17.7 Å². The minimum atomic E-state index is -0.986. The molecule has 5 heteroatoms. The number of rotatable bonds is 6. The van der Waals surface area contributed by atoms with Crippen LogP contribution in [0.15, 0.2) is 28.7 Å². The van der Waals surface area contributed by atoms with Crippen molar-refractivity contribution in [3.05, 3.63) is 34.3 Å². The normalized spacial score (nSPS) is 11.3. The van der Waals surface area contributed by atoms with Crippen LogP contribution in [0.25, 0.3) is 6.08 Å². The topological polar surface area (TPSA) is 70.3 Å². The van der Waals surface area contributed by atoms with Crippen molar-refractivity contribution in [1.82, 2.24) is 0 Å².